The van der Waals surface area contributed by atoms with Crippen LogP contribution in [0.5, 0.6) is 0 Å². The van der Waals surface area contributed by atoms with Crippen molar-refractivity contribution in [3.8, 4) is 0 Å². The van der Waals surface area contributed by atoms with Crippen molar-refractivity contribution < 1.29 is 0 Å². The summed E-state index contributed by atoms with van der Waals surface area (Å²) in [5, 5.41) is 9.82. The van der Waals surface area contributed by atoms with Gasteiger partial charge in [-0.1, -0.05) is 66.5 Å². The Morgan fingerprint density at radius 2 is 1.81 bits per heavy atom. The van der Waals surface area contributed by atoms with Crippen LogP contribution in [0.2, 0.25) is 0 Å². The Morgan fingerprint density at radius 1 is 1.10 bits per heavy atom. The molecule has 3 heteroatoms. The van der Waals surface area contributed by atoms with E-state index >= 15 is 0 Å². The summed E-state index contributed by atoms with van der Waals surface area (Å²) < 4.78 is 0. The number of hydrogen-bond donors (Lipinski definition) is 0. The molecule has 0 unspecified atom stereocenters. The average Bonchev–Trinajstić information content (AvgIpc) is 3.09. The van der Waals surface area contributed by atoms with Gasteiger partial charge in [-0.2, -0.15) is 10.2 Å². The highest BCUT2D eigenvalue weighted by molar-refractivity contribution is 9.11. The first-order chi connectivity index (χ1) is 10.1. The minimum Gasteiger partial charge on any atom is -0.181 e. The van der Waals surface area contributed by atoms with Crippen LogP contribution in [-0.4, -0.2) is 5.54 Å². The maximum absolute atomic E-state index is 4.94. The molecule has 0 spiro atoms. The summed E-state index contributed by atoms with van der Waals surface area (Å²) in [5.74, 6) is 1.25. The predicted octanol–water partition coefficient (Wildman–Crippen LogP) is 5.45. The third-order valence-corrected chi connectivity index (χ3v) is 6.74. The summed E-state index contributed by atoms with van der Waals surface area (Å²) in [5.41, 5.74) is 1.06. The predicted molar refractivity (Wildman–Crippen MR) is 88.4 cm³/mol. The molecule has 2 saturated carbocycles. The average molecular weight is 345 g/mol. The van der Waals surface area contributed by atoms with Gasteiger partial charge < -0.3 is 0 Å². The third kappa shape index (κ3) is 1.35. The fourth-order valence-electron chi connectivity index (χ4n) is 5.57. The zero-order chi connectivity index (χ0) is 14.7. The Morgan fingerprint density at radius 3 is 2.52 bits per heavy atom. The second-order valence-electron chi connectivity index (χ2n) is 7.22. The summed E-state index contributed by atoms with van der Waals surface area (Å²) in [6.07, 6.45) is 6.12. The number of fused-ring (bicyclic) bond motifs is 5. The quantitative estimate of drug-likeness (QED) is 0.681. The van der Waals surface area contributed by atoms with Crippen LogP contribution in [0.25, 0.3) is 0 Å². The molecule has 2 fully saturated rings. The molecular weight excluding hydrogens is 324 g/mol. The maximum Gasteiger partial charge on any atom is 0.117 e. The Hall–Kier alpha value is -0.960. The lowest BCUT2D eigenvalue weighted by Gasteiger charge is -2.40. The van der Waals surface area contributed by atoms with Gasteiger partial charge in [0.1, 0.15) is 11.1 Å². The van der Waals surface area contributed by atoms with E-state index in [1.807, 2.05) is 4.99 Å². The first kappa shape index (κ1) is 13.7. The van der Waals surface area contributed by atoms with E-state index in [4.69, 9.17) is 10.2 Å². The van der Waals surface area contributed by atoms with Crippen LogP contribution in [0.15, 0.2) is 51.6 Å². The molecule has 110 valence electrons. The summed E-state index contributed by atoms with van der Waals surface area (Å²) in [6, 6.07) is 10.9. The Labute approximate surface area is 134 Å². The molecule has 1 aromatic carbocycles. The number of hydrogen-bond acceptors (Lipinski definition) is 2. The molecule has 4 atom stereocenters. The van der Waals surface area contributed by atoms with Crippen molar-refractivity contribution in [3.05, 3.63) is 47.0 Å². The zero-order valence-electron chi connectivity index (χ0n) is 12.6. The van der Waals surface area contributed by atoms with E-state index in [1.165, 1.54) is 24.8 Å². The monoisotopic (exact) mass is 344 g/mol. The van der Waals surface area contributed by atoms with E-state index in [0.717, 1.165) is 0 Å². The molecule has 0 amide bonds. The normalized spacial score (nSPS) is 42.8. The minimum absolute atomic E-state index is 0.0153. The first-order valence-electron chi connectivity index (χ1n) is 7.88. The Bertz CT molecular complexity index is 621. The van der Waals surface area contributed by atoms with Crippen molar-refractivity contribution in [2.45, 2.75) is 44.2 Å². The number of nitrogens with zero attached hydrogens (tertiary/aromatic N) is 2. The number of rotatable bonds is 2. The molecular formula is C18H21BrN2. The van der Waals surface area contributed by atoms with E-state index in [0.29, 0.717) is 11.8 Å². The van der Waals surface area contributed by atoms with Gasteiger partial charge in [0.2, 0.25) is 0 Å². The van der Waals surface area contributed by atoms with Crippen molar-refractivity contribution in [2.75, 3.05) is 0 Å². The van der Waals surface area contributed by atoms with Crippen molar-refractivity contribution in [1.29, 1.82) is 0 Å². The van der Waals surface area contributed by atoms with Gasteiger partial charge in [0, 0.05) is 5.41 Å². The van der Waals surface area contributed by atoms with Crippen LogP contribution >= 0.6 is 15.9 Å². The molecule has 21 heavy (non-hydrogen) atoms. The molecule has 0 radical (unpaired) electrons. The minimum atomic E-state index is -0.151. The van der Waals surface area contributed by atoms with Crippen molar-refractivity contribution in [3.63, 3.8) is 0 Å². The molecule has 2 bridgehead atoms. The molecule has 1 aromatic rings. The Balaban J connectivity index is 1.98. The second kappa shape index (κ2) is 4.28. The van der Waals surface area contributed by atoms with Gasteiger partial charge in [0.25, 0.3) is 0 Å². The van der Waals surface area contributed by atoms with Crippen LogP contribution < -0.4 is 0 Å². The standard InChI is InChI=1S/C18H21BrN2/c1-16(2)17(11-12-19)14-9-6-10-15(14)18(16,21-20-17)13-7-4-3-5-8-13/h3-5,7-8,11-12,14-15H,6,9-10H2,1-2H3/b12-11-/t14-,15+,17-,18+/m1/s1. The van der Waals surface area contributed by atoms with E-state index in [-0.39, 0.29) is 16.5 Å². The number of azo groups is 1. The molecule has 0 saturated heterocycles. The molecule has 1 aliphatic heterocycles. The first-order valence-corrected chi connectivity index (χ1v) is 8.79. The summed E-state index contributed by atoms with van der Waals surface area (Å²) in [6.45, 7) is 4.73. The molecule has 0 N–H and O–H groups in total. The van der Waals surface area contributed by atoms with E-state index in [9.17, 15) is 0 Å². The van der Waals surface area contributed by atoms with Crippen LogP contribution in [0.1, 0.15) is 38.7 Å². The fraction of sp³-hybridized carbons (Fsp3) is 0.556. The van der Waals surface area contributed by atoms with Gasteiger partial charge in [0.15, 0.2) is 0 Å². The second-order valence-corrected chi connectivity index (χ2v) is 7.75. The molecule has 2 aliphatic carbocycles. The highest BCUT2D eigenvalue weighted by Gasteiger charge is 2.76. The third-order valence-electron chi connectivity index (χ3n) is 6.48. The van der Waals surface area contributed by atoms with Crippen LogP contribution in [-0.2, 0) is 5.54 Å². The summed E-state index contributed by atoms with van der Waals surface area (Å²) in [7, 11) is 0. The van der Waals surface area contributed by atoms with Crippen LogP contribution in [0, 0.1) is 17.3 Å². The molecule has 2 nitrogen and oxygen atoms in total. The molecule has 1 heterocycles. The lowest BCUT2D eigenvalue weighted by molar-refractivity contribution is 0.164. The summed E-state index contributed by atoms with van der Waals surface area (Å²) in [4.78, 5) is 2.00. The van der Waals surface area contributed by atoms with Crippen LogP contribution in [0.4, 0.5) is 0 Å². The lowest BCUT2D eigenvalue weighted by Crippen LogP contribution is -2.45. The van der Waals surface area contributed by atoms with E-state index < -0.39 is 0 Å². The highest BCUT2D eigenvalue weighted by Crippen LogP contribution is 2.74. The lowest BCUT2D eigenvalue weighted by atomic mass is 9.63. The van der Waals surface area contributed by atoms with E-state index in [2.05, 4.69) is 66.2 Å². The van der Waals surface area contributed by atoms with Crippen molar-refractivity contribution in [2.24, 2.45) is 27.5 Å². The van der Waals surface area contributed by atoms with Gasteiger partial charge in [0.05, 0.1) is 0 Å². The fourth-order valence-corrected chi connectivity index (χ4v) is 5.97. The van der Waals surface area contributed by atoms with Gasteiger partial charge in [-0.3, -0.25) is 0 Å². The highest BCUT2D eigenvalue weighted by atomic mass is 79.9. The molecule has 3 aliphatic rings. The summed E-state index contributed by atoms with van der Waals surface area (Å²) >= 11 is 3.49. The van der Waals surface area contributed by atoms with Crippen molar-refractivity contribution >= 4 is 15.9 Å². The topological polar surface area (TPSA) is 24.7 Å². The number of benzene rings is 1. The molecule has 4 rings (SSSR count). The smallest absolute Gasteiger partial charge is 0.117 e. The van der Waals surface area contributed by atoms with Gasteiger partial charge >= 0.3 is 0 Å². The maximum atomic E-state index is 4.94. The molecule has 0 aromatic heterocycles. The largest absolute Gasteiger partial charge is 0.181 e. The van der Waals surface area contributed by atoms with Crippen molar-refractivity contribution in [1.82, 2.24) is 0 Å². The SMILES string of the molecule is CC1(C)[C@]2(/C=C\Br)N=N[C@@]1(c1ccccc1)[C@H]1CCC[C@H]12. The Kier molecular flexibility index (Phi) is 2.79. The zero-order valence-corrected chi connectivity index (χ0v) is 14.2. The van der Waals surface area contributed by atoms with E-state index in [1.54, 1.807) is 0 Å². The van der Waals surface area contributed by atoms with Gasteiger partial charge in [-0.05, 0) is 41.3 Å². The van der Waals surface area contributed by atoms with Gasteiger partial charge in [-0.15, -0.1) is 0 Å². The number of halogens is 1. The van der Waals surface area contributed by atoms with Gasteiger partial charge in [-0.25, -0.2) is 0 Å². The van der Waals surface area contributed by atoms with Crippen LogP contribution in [0.3, 0.4) is 0 Å².